The lowest BCUT2D eigenvalue weighted by Crippen LogP contribution is -2.46. The van der Waals surface area contributed by atoms with E-state index in [-0.39, 0.29) is 11.9 Å². The van der Waals surface area contributed by atoms with E-state index in [1.54, 1.807) is 11.8 Å². The Kier molecular flexibility index (Phi) is 4.67. The van der Waals surface area contributed by atoms with Crippen molar-refractivity contribution in [3.05, 3.63) is 64.7 Å². The predicted molar refractivity (Wildman–Crippen MR) is 103 cm³/mol. The molecular weight excluding hydrogens is 368 g/mol. The van der Waals surface area contributed by atoms with Gasteiger partial charge in [0.2, 0.25) is 0 Å². The highest BCUT2D eigenvalue weighted by Gasteiger charge is 2.53. The number of imide groups is 1. The van der Waals surface area contributed by atoms with Crippen molar-refractivity contribution in [2.45, 2.75) is 29.7 Å². The maximum atomic E-state index is 13.2. The molecule has 0 unspecified atom stereocenters. The number of hydrogen-bond acceptors (Lipinski definition) is 3. The van der Waals surface area contributed by atoms with Crippen molar-refractivity contribution in [1.82, 2.24) is 10.2 Å². The summed E-state index contributed by atoms with van der Waals surface area (Å²) < 4.78 is 0. The van der Waals surface area contributed by atoms with Crippen LogP contribution in [0.25, 0.3) is 0 Å². The van der Waals surface area contributed by atoms with Crippen molar-refractivity contribution in [3.63, 3.8) is 0 Å². The molecule has 2 aromatic carbocycles. The van der Waals surface area contributed by atoms with Crippen LogP contribution in [0.1, 0.15) is 24.0 Å². The number of hydrogen-bond donors (Lipinski definition) is 1. The van der Waals surface area contributed by atoms with Crippen molar-refractivity contribution in [1.29, 1.82) is 0 Å². The second-order valence-electron chi connectivity index (χ2n) is 6.61. The van der Waals surface area contributed by atoms with E-state index in [9.17, 15) is 9.59 Å². The van der Waals surface area contributed by atoms with Crippen LogP contribution in [-0.2, 0) is 16.8 Å². The number of rotatable bonds is 4. The smallest absolute Gasteiger partial charge is 0.319 e. The molecule has 0 saturated carbocycles. The van der Waals surface area contributed by atoms with Crippen molar-refractivity contribution in [2.24, 2.45) is 0 Å². The first kappa shape index (κ1) is 17.4. The summed E-state index contributed by atoms with van der Waals surface area (Å²) in [4.78, 5) is 28.1. The minimum atomic E-state index is -0.878. The van der Waals surface area contributed by atoms with E-state index >= 15 is 0 Å². The van der Waals surface area contributed by atoms with Gasteiger partial charge in [-0.2, -0.15) is 0 Å². The Morgan fingerprint density at radius 2 is 1.88 bits per heavy atom. The molecule has 1 aliphatic carbocycles. The summed E-state index contributed by atoms with van der Waals surface area (Å²) in [5.74, 6) is 0.532. The Bertz CT molecular complexity index is 855. The summed E-state index contributed by atoms with van der Waals surface area (Å²) >= 11 is 7.50. The second-order valence-corrected chi connectivity index (χ2v) is 8.21. The topological polar surface area (TPSA) is 49.4 Å². The van der Waals surface area contributed by atoms with Gasteiger partial charge in [0, 0.05) is 22.2 Å². The Balaban J connectivity index is 1.49. The fourth-order valence-corrected chi connectivity index (χ4v) is 4.76. The summed E-state index contributed by atoms with van der Waals surface area (Å²) in [5.41, 5.74) is 1.24. The molecule has 1 heterocycles. The normalized spacial score (nSPS) is 21.8. The first-order valence-corrected chi connectivity index (χ1v) is 10.1. The molecule has 26 heavy (non-hydrogen) atoms. The van der Waals surface area contributed by atoms with Crippen LogP contribution in [0, 0.1) is 0 Å². The van der Waals surface area contributed by atoms with Crippen LogP contribution in [0.4, 0.5) is 4.79 Å². The van der Waals surface area contributed by atoms with Gasteiger partial charge in [0.05, 0.1) is 0 Å². The van der Waals surface area contributed by atoms with E-state index in [0.717, 1.165) is 28.9 Å². The molecule has 1 N–H and O–H groups in total. The number of amides is 3. The molecule has 0 radical (unpaired) electrons. The minimum Gasteiger partial charge on any atom is -0.319 e. The van der Waals surface area contributed by atoms with Crippen molar-refractivity contribution in [3.8, 4) is 0 Å². The van der Waals surface area contributed by atoms with Gasteiger partial charge in [-0.15, -0.1) is 11.8 Å². The third kappa shape index (κ3) is 2.99. The Morgan fingerprint density at radius 3 is 2.69 bits per heavy atom. The molecule has 0 bridgehead atoms. The van der Waals surface area contributed by atoms with Gasteiger partial charge >= 0.3 is 6.03 Å². The van der Waals surface area contributed by atoms with Crippen LogP contribution in [0.5, 0.6) is 0 Å². The maximum Gasteiger partial charge on any atom is 0.325 e. The number of urea groups is 1. The summed E-state index contributed by atoms with van der Waals surface area (Å²) in [6, 6.07) is 15.2. The average Bonchev–Trinajstić information content (AvgIpc) is 2.88. The molecule has 1 spiro atoms. The maximum absolute atomic E-state index is 13.2. The van der Waals surface area contributed by atoms with Crippen molar-refractivity contribution < 1.29 is 9.59 Å². The monoisotopic (exact) mass is 386 g/mol. The molecule has 1 saturated heterocycles. The highest BCUT2D eigenvalue weighted by molar-refractivity contribution is 7.99. The summed E-state index contributed by atoms with van der Waals surface area (Å²) in [6.07, 6.45) is 2.51. The molecular formula is C20H19ClN2O2S. The lowest BCUT2D eigenvalue weighted by Gasteiger charge is -2.33. The molecule has 0 aromatic heterocycles. The van der Waals surface area contributed by atoms with Crippen LogP contribution >= 0.6 is 23.4 Å². The van der Waals surface area contributed by atoms with Crippen LogP contribution in [-0.4, -0.2) is 29.1 Å². The van der Waals surface area contributed by atoms with Crippen LogP contribution in [0.2, 0.25) is 5.02 Å². The van der Waals surface area contributed by atoms with Gasteiger partial charge in [0.1, 0.15) is 5.54 Å². The lowest BCUT2D eigenvalue weighted by molar-refractivity contribution is -0.132. The van der Waals surface area contributed by atoms with E-state index in [4.69, 9.17) is 11.6 Å². The van der Waals surface area contributed by atoms with Crippen molar-refractivity contribution in [2.75, 3.05) is 12.3 Å². The molecule has 134 valence electrons. The average molecular weight is 387 g/mol. The first-order valence-electron chi connectivity index (χ1n) is 8.71. The number of thioether (sulfide) groups is 1. The van der Waals surface area contributed by atoms with Crippen LogP contribution in [0.15, 0.2) is 53.4 Å². The molecule has 6 heteroatoms. The SMILES string of the molecule is O=C1N[C@]2(CCCc3ccccc32)C(=O)N1CCSc1ccc(Cl)cc1. The molecule has 4 rings (SSSR count). The van der Waals surface area contributed by atoms with Gasteiger partial charge in [-0.1, -0.05) is 35.9 Å². The highest BCUT2D eigenvalue weighted by Crippen LogP contribution is 2.40. The summed E-state index contributed by atoms with van der Waals surface area (Å²) in [7, 11) is 0. The summed E-state index contributed by atoms with van der Waals surface area (Å²) in [6.45, 7) is 0.391. The molecule has 3 amide bonds. The third-order valence-corrected chi connectivity index (χ3v) is 6.29. The van der Waals surface area contributed by atoms with E-state index in [0.29, 0.717) is 23.7 Å². The van der Waals surface area contributed by atoms with E-state index < -0.39 is 5.54 Å². The summed E-state index contributed by atoms with van der Waals surface area (Å²) in [5, 5.41) is 3.69. The van der Waals surface area contributed by atoms with Crippen LogP contribution in [0.3, 0.4) is 0 Å². The number of benzene rings is 2. The van der Waals surface area contributed by atoms with E-state index in [1.165, 1.54) is 4.90 Å². The quantitative estimate of drug-likeness (QED) is 0.632. The van der Waals surface area contributed by atoms with E-state index in [1.807, 2.05) is 42.5 Å². The van der Waals surface area contributed by atoms with Gasteiger partial charge in [-0.05, 0) is 54.7 Å². The highest BCUT2D eigenvalue weighted by atomic mass is 35.5. The fourth-order valence-electron chi connectivity index (χ4n) is 3.80. The molecule has 1 atom stereocenters. The molecule has 4 nitrogen and oxygen atoms in total. The van der Waals surface area contributed by atoms with E-state index in [2.05, 4.69) is 11.4 Å². The van der Waals surface area contributed by atoms with Gasteiger partial charge in [0.15, 0.2) is 0 Å². The second kappa shape index (κ2) is 6.97. The number of nitrogens with one attached hydrogen (secondary N) is 1. The number of fused-ring (bicyclic) bond motifs is 2. The third-order valence-electron chi connectivity index (χ3n) is 5.05. The number of aryl methyl sites for hydroxylation is 1. The Morgan fingerprint density at radius 1 is 1.12 bits per heavy atom. The van der Waals surface area contributed by atoms with Crippen LogP contribution < -0.4 is 5.32 Å². The van der Waals surface area contributed by atoms with Gasteiger partial charge in [0.25, 0.3) is 5.91 Å². The zero-order chi connectivity index (χ0) is 18.1. The molecule has 1 aliphatic heterocycles. The zero-order valence-corrected chi connectivity index (χ0v) is 15.8. The Labute approximate surface area is 161 Å². The first-order chi connectivity index (χ1) is 12.6. The van der Waals surface area contributed by atoms with Gasteiger partial charge < -0.3 is 5.32 Å². The number of carbonyl (C=O) groups excluding carboxylic acids is 2. The van der Waals surface area contributed by atoms with Gasteiger partial charge in [-0.3, -0.25) is 9.69 Å². The molecule has 2 aliphatic rings. The fraction of sp³-hybridized carbons (Fsp3) is 0.300. The largest absolute Gasteiger partial charge is 0.325 e. The van der Waals surface area contributed by atoms with Crippen molar-refractivity contribution >= 4 is 35.3 Å². The lowest BCUT2D eigenvalue weighted by atomic mass is 9.76. The van der Waals surface area contributed by atoms with Gasteiger partial charge in [-0.25, -0.2) is 4.79 Å². The number of carbonyl (C=O) groups is 2. The Hall–Kier alpha value is -1.98. The standard InChI is InChI=1S/C20H19ClN2O2S/c21-15-7-9-16(10-8-15)26-13-12-23-18(24)20(22-19(23)25)11-3-5-14-4-1-2-6-17(14)20/h1-2,4,6-10H,3,5,11-13H2,(H,22,25)/t20-/m0/s1. The number of nitrogens with zero attached hydrogens (tertiary/aromatic N) is 1. The minimum absolute atomic E-state index is 0.119. The predicted octanol–water partition coefficient (Wildman–Crippen LogP) is 4.22. The molecule has 2 aromatic rings. The molecule has 1 fully saturated rings. The number of halogens is 1. The zero-order valence-electron chi connectivity index (χ0n) is 14.2.